The van der Waals surface area contributed by atoms with E-state index in [1.807, 2.05) is 11.8 Å². The van der Waals surface area contributed by atoms with Crippen molar-refractivity contribution in [2.75, 3.05) is 18.6 Å². The van der Waals surface area contributed by atoms with E-state index in [4.69, 9.17) is 4.74 Å². The number of methoxy groups -OCH3 is 1. The molecule has 2 aliphatic rings. The lowest BCUT2D eigenvalue weighted by molar-refractivity contribution is -0.150. The Morgan fingerprint density at radius 1 is 1.43 bits per heavy atom. The summed E-state index contributed by atoms with van der Waals surface area (Å²) in [4.78, 5) is 12.4. The van der Waals surface area contributed by atoms with Crippen LogP contribution in [0.5, 0.6) is 0 Å². The topological polar surface area (TPSA) is 38.3 Å². The highest BCUT2D eigenvalue weighted by Crippen LogP contribution is 2.41. The molecule has 2 fully saturated rings. The summed E-state index contributed by atoms with van der Waals surface area (Å²) < 4.78 is 5.15. The molecule has 4 heteroatoms. The van der Waals surface area contributed by atoms with E-state index in [1.165, 1.54) is 44.3 Å². The lowest BCUT2D eigenvalue weighted by Gasteiger charge is -2.34. The lowest BCUT2D eigenvalue weighted by atomic mass is 9.84. The molecule has 0 aliphatic heterocycles. The molecule has 0 saturated heterocycles. The van der Waals surface area contributed by atoms with Gasteiger partial charge < -0.3 is 4.74 Å². The van der Waals surface area contributed by atoms with Crippen LogP contribution in [0.1, 0.15) is 58.8 Å². The second-order valence-corrected chi connectivity index (χ2v) is 8.00. The van der Waals surface area contributed by atoms with Crippen molar-refractivity contribution in [2.24, 2.45) is 11.8 Å². The van der Waals surface area contributed by atoms with E-state index < -0.39 is 0 Å². The Morgan fingerprint density at radius 2 is 2.19 bits per heavy atom. The molecule has 2 aliphatic carbocycles. The van der Waals surface area contributed by atoms with Gasteiger partial charge in [0, 0.05) is 6.04 Å². The summed E-state index contributed by atoms with van der Waals surface area (Å²) in [6.45, 7) is 4.57. The number of esters is 1. The van der Waals surface area contributed by atoms with Crippen LogP contribution in [-0.4, -0.2) is 36.2 Å². The zero-order valence-corrected chi connectivity index (χ0v) is 14.6. The van der Waals surface area contributed by atoms with Gasteiger partial charge in [-0.3, -0.25) is 10.1 Å². The van der Waals surface area contributed by atoms with Crippen LogP contribution in [0.3, 0.4) is 0 Å². The molecule has 3 atom stereocenters. The van der Waals surface area contributed by atoms with Crippen LogP contribution >= 0.6 is 11.8 Å². The minimum absolute atomic E-state index is 0.0242. The Bertz CT molecular complexity index is 346. The largest absolute Gasteiger partial charge is 0.468 e. The van der Waals surface area contributed by atoms with E-state index in [0.717, 1.165) is 25.2 Å². The molecular formula is C17H31NO2S. The predicted octanol–water partition coefficient (Wildman–Crippen LogP) is 3.62. The van der Waals surface area contributed by atoms with E-state index in [1.54, 1.807) is 0 Å². The van der Waals surface area contributed by atoms with E-state index in [9.17, 15) is 4.79 Å². The monoisotopic (exact) mass is 313 g/mol. The van der Waals surface area contributed by atoms with E-state index >= 15 is 0 Å². The Kier molecular flexibility index (Phi) is 6.42. The number of carbonyl (C=O) groups excluding carboxylic acids is 1. The SMILES string of the molecule is CCC(C)CSCCC1CCCC1(NC1CC1)C(=O)OC. The molecular weight excluding hydrogens is 282 g/mol. The lowest BCUT2D eigenvalue weighted by Crippen LogP contribution is -2.56. The number of thioether (sulfide) groups is 1. The second kappa shape index (κ2) is 7.87. The van der Waals surface area contributed by atoms with E-state index in [2.05, 4.69) is 19.2 Å². The minimum atomic E-state index is -0.382. The molecule has 0 aromatic rings. The fourth-order valence-electron chi connectivity index (χ4n) is 3.39. The normalized spacial score (nSPS) is 30.3. The van der Waals surface area contributed by atoms with Crippen LogP contribution < -0.4 is 5.32 Å². The Balaban J connectivity index is 1.87. The predicted molar refractivity (Wildman–Crippen MR) is 89.6 cm³/mol. The van der Waals surface area contributed by atoms with E-state index in [0.29, 0.717) is 12.0 Å². The first-order valence-electron chi connectivity index (χ1n) is 8.56. The van der Waals surface area contributed by atoms with Gasteiger partial charge in [0.1, 0.15) is 5.54 Å². The fourth-order valence-corrected chi connectivity index (χ4v) is 4.64. The highest BCUT2D eigenvalue weighted by atomic mass is 32.2. The van der Waals surface area contributed by atoms with Crippen molar-refractivity contribution < 1.29 is 9.53 Å². The van der Waals surface area contributed by atoms with Gasteiger partial charge in [0.05, 0.1) is 7.11 Å². The van der Waals surface area contributed by atoms with Crippen molar-refractivity contribution in [1.82, 2.24) is 5.32 Å². The van der Waals surface area contributed by atoms with Crippen molar-refractivity contribution in [3.8, 4) is 0 Å². The van der Waals surface area contributed by atoms with Gasteiger partial charge in [-0.05, 0) is 55.4 Å². The Labute approximate surface area is 134 Å². The molecule has 0 heterocycles. The van der Waals surface area contributed by atoms with Crippen LogP contribution in [0.2, 0.25) is 0 Å². The van der Waals surface area contributed by atoms with Gasteiger partial charge in [0.25, 0.3) is 0 Å². The zero-order valence-electron chi connectivity index (χ0n) is 13.8. The third kappa shape index (κ3) is 4.38. The summed E-state index contributed by atoms with van der Waals surface area (Å²) in [6.07, 6.45) is 8.09. The van der Waals surface area contributed by atoms with Crippen LogP contribution in [0.4, 0.5) is 0 Å². The summed E-state index contributed by atoms with van der Waals surface area (Å²) in [7, 11) is 1.53. The van der Waals surface area contributed by atoms with Crippen molar-refractivity contribution >= 4 is 17.7 Å². The summed E-state index contributed by atoms with van der Waals surface area (Å²) in [6, 6.07) is 0.553. The van der Waals surface area contributed by atoms with Crippen LogP contribution in [0.25, 0.3) is 0 Å². The molecule has 21 heavy (non-hydrogen) atoms. The standard InChI is InChI=1S/C17H31NO2S/c1-4-13(2)12-21-11-9-14-6-5-10-17(14,16(19)20-3)18-15-7-8-15/h13-15,18H,4-12H2,1-3H3. The average molecular weight is 314 g/mol. The molecule has 0 radical (unpaired) electrons. The molecule has 3 nitrogen and oxygen atoms in total. The van der Waals surface area contributed by atoms with Crippen molar-refractivity contribution in [3.63, 3.8) is 0 Å². The maximum Gasteiger partial charge on any atom is 0.326 e. The summed E-state index contributed by atoms with van der Waals surface area (Å²) in [5.41, 5.74) is -0.382. The molecule has 0 aromatic carbocycles. The van der Waals surface area contributed by atoms with Crippen LogP contribution in [-0.2, 0) is 9.53 Å². The summed E-state index contributed by atoms with van der Waals surface area (Å²) in [5.74, 6) is 3.64. The molecule has 2 saturated carbocycles. The number of nitrogens with one attached hydrogen (secondary N) is 1. The molecule has 122 valence electrons. The number of rotatable bonds is 9. The summed E-state index contributed by atoms with van der Waals surface area (Å²) >= 11 is 2.05. The minimum Gasteiger partial charge on any atom is -0.468 e. The highest BCUT2D eigenvalue weighted by molar-refractivity contribution is 7.99. The van der Waals surface area contributed by atoms with Gasteiger partial charge >= 0.3 is 5.97 Å². The number of ether oxygens (including phenoxy) is 1. The number of hydrogen-bond acceptors (Lipinski definition) is 4. The van der Waals surface area contributed by atoms with Gasteiger partial charge in [0.15, 0.2) is 0 Å². The van der Waals surface area contributed by atoms with Gasteiger partial charge in [-0.1, -0.05) is 26.7 Å². The van der Waals surface area contributed by atoms with Gasteiger partial charge in [-0.15, -0.1) is 0 Å². The van der Waals surface area contributed by atoms with Gasteiger partial charge in [-0.25, -0.2) is 0 Å². The smallest absolute Gasteiger partial charge is 0.326 e. The Morgan fingerprint density at radius 3 is 2.81 bits per heavy atom. The highest BCUT2D eigenvalue weighted by Gasteiger charge is 2.51. The second-order valence-electron chi connectivity index (χ2n) is 6.85. The number of carbonyl (C=O) groups is 1. The molecule has 0 bridgehead atoms. The fraction of sp³-hybridized carbons (Fsp3) is 0.941. The van der Waals surface area contributed by atoms with Crippen molar-refractivity contribution in [1.29, 1.82) is 0 Å². The Hall–Kier alpha value is -0.220. The van der Waals surface area contributed by atoms with Crippen molar-refractivity contribution in [3.05, 3.63) is 0 Å². The summed E-state index contributed by atoms with van der Waals surface area (Å²) in [5, 5.41) is 3.64. The maximum atomic E-state index is 12.4. The first kappa shape index (κ1) is 17.1. The maximum absolute atomic E-state index is 12.4. The van der Waals surface area contributed by atoms with Crippen LogP contribution in [0, 0.1) is 11.8 Å². The van der Waals surface area contributed by atoms with Gasteiger partial charge in [0.2, 0.25) is 0 Å². The molecule has 3 unspecified atom stereocenters. The first-order chi connectivity index (χ1) is 10.1. The molecule has 1 N–H and O–H groups in total. The zero-order chi connectivity index (χ0) is 15.3. The molecule has 0 aromatic heterocycles. The van der Waals surface area contributed by atoms with Crippen molar-refractivity contribution in [2.45, 2.75) is 70.4 Å². The molecule has 0 amide bonds. The van der Waals surface area contributed by atoms with Crippen LogP contribution in [0.15, 0.2) is 0 Å². The average Bonchev–Trinajstić information content (AvgIpc) is 3.22. The first-order valence-corrected chi connectivity index (χ1v) is 9.71. The quantitative estimate of drug-likeness (QED) is 0.521. The third-order valence-corrected chi connectivity index (χ3v) is 6.45. The third-order valence-electron chi connectivity index (χ3n) is 5.12. The molecule has 0 spiro atoms. The van der Waals surface area contributed by atoms with E-state index in [-0.39, 0.29) is 11.5 Å². The number of hydrogen-bond donors (Lipinski definition) is 1. The molecule has 2 rings (SSSR count). The van der Waals surface area contributed by atoms with Gasteiger partial charge in [-0.2, -0.15) is 11.8 Å².